The Morgan fingerprint density at radius 1 is 1.47 bits per heavy atom. The van der Waals surface area contributed by atoms with Crippen LogP contribution in [0.5, 0.6) is 11.5 Å². The third kappa shape index (κ3) is 2.50. The number of nitro benzene ring substituents is 1. The zero-order chi connectivity index (χ0) is 11.4. The van der Waals surface area contributed by atoms with Crippen molar-refractivity contribution in [2.24, 2.45) is 0 Å². The maximum atomic E-state index is 10.7. The number of nitrogens with zero attached hydrogens (tertiary/aromatic N) is 1. The summed E-state index contributed by atoms with van der Waals surface area (Å²) in [5.74, 6) is 0.509. The highest BCUT2D eigenvalue weighted by Gasteiger charge is 2.18. The van der Waals surface area contributed by atoms with E-state index in [9.17, 15) is 10.1 Å². The van der Waals surface area contributed by atoms with E-state index in [1.165, 1.54) is 19.2 Å². The molecule has 0 atom stereocenters. The first-order valence-electron chi connectivity index (χ1n) is 4.24. The lowest BCUT2D eigenvalue weighted by Gasteiger charge is -2.07. The van der Waals surface area contributed by atoms with Gasteiger partial charge in [0.1, 0.15) is 5.75 Å². The number of rotatable bonds is 4. The quantitative estimate of drug-likeness (QED) is 0.590. The number of hydrogen-bond donors (Lipinski definition) is 0. The van der Waals surface area contributed by atoms with E-state index in [1.807, 2.05) is 0 Å². The Kier molecular flexibility index (Phi) is 3.74. The molecule has 0 aromatic heterocycles. The van der Waals surface area contributed by atoms with Crippen LogP contribution in [0.2, 0.25) is 5.02 Å². The lowest BCUT2D eigenvalue weighted by atomic mass is 10.3. The van der Waals surface area contributed by atoms with Crippen LogP contribution in [0.15, 0.2) is 12.1 Å². The third-order valence-corrected chi connectivity index (χ3v) is 2.03. The molecule has 0 aliphatic rings. The summed E-state index contributed by atoms with van der Waals surface area (Å²) in [5, 5.41) is 10.9. The van der Waals surface area contributed by atoms with Crippen molar-refractivity contribution >= 4 is 17.3 Å². The molecule has 1 rings (SSSR count). The van der Waals surface area contributed by atoms with Gasteiger partial charge in [0.05, 0.1) is 23.7 Å². The molecule has 5 nitrogen and oxygen atoms in total. The van der Waals surface area contributed by atoms with Gasteiger partial charge in [-0.1, -0.05) is 11.6 Å². The molecule has 0 heterocycles. The highest BCUT2D eigenvalue weighted by molar-refractivity contribution is 6.32. The van der Waals surface area contributed by atoms with Gasteiger partial charge in [0, 0.05) is 12.1 Å². The van der Waals surface area contributed by atoms with Crippen LogP contribution in [0.25, 0.3) is 0 Å². The van der Waals surface area contributed by atoms with Crippen LogP contribution >= 0.6 is 11.6 Å². The molecule has 6 heteroatoms. The van der Waals surface area contributed by atoms with Crippen LogP contribution in [-0.4, -0.2) is 18.6 Å². The monoisotopic (exact) mass is 231 g/mol. The summed E-state index contributed by atoms with van der Waals surface area (Å²) in [5.41, 5.74) is -0.164. The van der Waals surface area contributed by atoms with Crippen LogP contribution in [0, 0.1) is 10.1 Å². The van der Waals surface area contributed by atoms with Gasteiger partial charge in [0.25, 0.3) is 0 Å². The van der Waals surface area contributed by atoms with Gasteiger partial charge in [-0.15, -0.1) is 0 Å². The topological polar surface area (TPSA) is 61.6 Å². The highest BCUT2D eigenvalue weighted by Crippen LogP contribution is 2.37. The number of methoxy groups -OCH3 is 1. The molecule has 1 aromatic carbocycles. The second-order valence-corrected chi connectivity index (χ2v) is 3.05. The molecule has 0 aliphatic carbocycles. The van der Waals surface area contributed by atoms with Crippen molar-refractivity contribution < 1.29 is 14.4 Å². The van der Waals surface area contributed by atoms with Gasteiger partial charge in [-0.05, 0) is 6.92 Å². The first-order chi connectivity index (χ1) is 7.10. The number of benzene rings is 1. The number of ether oxygens (including phenoxy) is 2. The second kappa shape index (κ2) is 4.84. The minimum absolute atomic E-state index is 0.156. The normalized spacial score (nSPS) is 9.80. The van der Waals surface area contributed by atoms with Crippen LogP contribution in [0.3, 0.4) is 0 Å². The molecule has 15 heavy (non-hydrogen) atoms. The van der Waals surface area contributed by atoms with E-state index in [1.54, 1.807) is 6.92 Å². The summed E-state index contributed by atoms with van der Waals surface area (Å²) in [6, 6.07) is 2.62. The van der Waals surface area contributed by atoms with Gasteiger partial charge < -0.3 is 9.47 Å². The minimum Gasteiger partial charge on any atom is -0.495 e. The Balaban J connectivity index is 3.25. The van der Waals surface area contributed by atoms with Crippen LogP contribution in [0.1, 0.15) is 6.92 Å². The molecule has 0 radical (unpaired) electrons. The van der Waals surface area contributed by atoms with E-state index in [0.29, 0.717) is 12.4 Å². The maximum absolute atomic E-state index is 10.7. The van der Waals surface area contributed by atoms with Gasteiger partial charge in [-0.25, -0.2) is 0 Å². The van der Waals surface area contributed by atoms with Crippen molar-refractivity contribution in [3.8, 4) is 11.5 Å². The Morgan fingerprint density at radius 3 is 2.60 bits per heavy atom. The molecular formula is C9H10ClNO4. The summed E-state index contributed by atoms with van der Waals surface area (Å²) in [7, 11) is 1.43. The molecule has 0 amide bonds. The van der Waals surface area contributed by atoms with Crippen LogP contribution < -0.4 is 9.47 Å². The Labute approximate surface area is 91.7 Å². The summed E-state index contributed by atoms with van der Waals surface area (Å²) < 4.78 is 10.0. The van der Waals surface area contributed by atoms with E-state index in [0.717, 1.165) is 0 Å². The van der Waals surface area contributed by atoms with E-state index >= 15 is 0 Å². The molecule has 0 unspecified atom stereocenters. The number of hydrogen-bond acceptors (Lipinski definition) is 4. The molecule has 0 N–H and O–H groups in total. The maximum Gasteiger partial charge on any atom is 0.312 e. The van der Waals surface area contributed by atoms with Crippen molar-refractivity contribution in [2.45, 2.75) is 6.92 Å². The minimum atomic E-state index is -0.545. The van der Waals surface area contributed by atoms with Crippen molar-refractivity contribution in [3.05, 3.63) is 27.3 Å². The number of nitro groups is 1. The van der Waals surface area contributed by atoms with E-state index in [-0.39, 0.29) is 16.5 Å². The summed E-state index contributed by atoms with van der Waals surface area (Å²) in [6.07, 6.45) is 0. The van der Waals surface area contributed by atoms with Gasteiger partial charge in [0.2, 0.25) is 5.75 Å². The van der Waals surface area contributed by atoms with Crippen molar-refractivity contribution in [1.82, 2.24) is 0 Å². The summed E-state index contributed by atoms with van der Waals surface area (Å²) in [4.78, 5) is 10.1. The van der Waals surface area contributed by atoms with E-state index in [2.05, 4.69) is 0 Å². The molecule has 82 valence electrons. The zero-order valence-corrected chi connectivity index (χ0v) is 9.08. The molecule has 0 aliphatic heterocycles. The molecule has 1 aromatic rings. The highest BCUT2D eigenvalue weighted by atomic mass is 35.5. The fraction of sp³-hybridized carbons (Fsp3) is 0.333. The molecule has 0 saturated carbocycles. The first-order valence-corrected chi connectivity index (χ1v) is 4.62. The molecule has 0 spiro atoms. The summed E-state index contributed by atoms with van der Waals surface area (Å²) in [6.45, 7) is 2.08. The average Bonchev–Trinajstić information content (AvgIpc) is 2.20. The van der Waals surface area contributed by atoms with Crippen LogP contribution in [0.4, 0.5) is 5.69 Å². The lowest BCUT2D eigenvalue weighted by molar-refractivity contribution is -0.385. The molecule has 0 fully saturated rings. The standard InChI is InChI=1S/C9H10ClNO4/c1-3-15-9-5-8(14-2)6(10)4-7(9)11(12)13/h4-5H,3H2,1-2H3. The molecule has 0 bridgehead atoms. The fourth-order valence-corrected chi connectivity index (χ4v) is 1.33. The van der Waals surface area contributed by atoms with Gasteiger partial charge in [-0.3, -0.25) is 10.1 Å². The van der Waals surface area contributed by atoms with Gasteiger partial charge in [0.15, 0.2) is 0 Å². The molecular weight excluding hydrogens is 222 g/mol. The Hall–Kier alpha value is -1.49. The third-order valence-electron chi connectivity index (χ3n) is 1.73. The van der Waals surface area contributed by atoms with Crippen molar-refractivity contribution in [1.29, 1.82) is 0 Å². The van der Waals surface area contributed by atoms with Gasteiger partial charge in [-0.2, -0.15) is 0 Å². The van der Waals surface area contributed by atoms with E-state index in [4.69, 9.17) is 21.1 Å². The van der Waals surface area contributed by atoms with Gasteiger partial charge >= 0.3 is 5.69 Å². The second-order valence-electron chi connectivity index (χ2n) is 2.64. The van der Waals surface area contributed by atoms with Crippen LogP contribution in [-0.2, 0) is 0 Å². The number of halogens is 1. The average molecular weight is 232 g/mol. The van der Waals surface area contributed by atoms with Crippen molar-refractivity contribution in [2.75, 3.05) is 13.7 Å². The largest absolute Gasteiger partial charge is 0.495 e. The lowest BCUT2D eigenvalue weighted by Crippen LogP contribution is -1.98. The van der Waals surface area contributed by atoms with Crippen molar-refractivity contribution in [3.63, 3.8) is 0 Å². The Morgan fingerprint density at radius 2 is 2.13 bits per heavy atom. The van der Waals surface area contributed by atoms with E-state index < -0.39 is 4.92 Å². The predicted octanol–water partition coefficient (Wildman–Crippen LogP) is 2.66. The molecule has 0 saturated heterocycles. The Bertz CT molecular complexity index is 381. The smallest absolute Gasteiger partial charge is 0.312 e. The zero-order valence-electron chi connectivity index (χ0n) is 8.32. The predicted molar refractivity (Wildman–Crippen MR) is 55.8 cm³/mol. The summed E-state index contributed by atoms with van der Waals surface area (Å²) >= 11 is 5.76. The fourth-order valence-electron chi connectivity index (χ4n) is 1.09. The first kappa shape index (κ1) is 11.6. The SMILES string of the molecule is CCOc1cc(OC)c(Cl)cc1[N+](=O)[O-].